The summed E-state index contributed by atoms with van der Waals surface area (Å²) in [7, 11) is 0. The smallest absolute Gasteiger partial charge is 0.320 e. The highest BCUT2D eigenvalue weighted by molar-refractivity contribution is 5.80. The number of hydrogen-bond acceptors (Lipinski definition) is 4. The Hall–Kier alpha value is -2.08. The van der Waals surface area contributed by atoms with Crippen molar-refractivity contribution in [2.45, 2.75) is 57.7 Å². The Morgan fingerprint density at radius 1 is 1.31 bits per heavy atom. The van der Waals surface area contributed by atoms with Gasteiger partial charge in [0.05, 0.1) is 13.2 Å². The molecule has 3 unspecified atom stereocenters. The van der Waals surface area contributed by atoms with E-state index >= 15 is 0 Å². The van der Waals surface area contributed by atoms with Crippen LogP contribution in [0.15, 0.2) is 24.3 Å². The molecule has 26 heavy (non-hydrogen) atoms. The van der Waals surface area contributed by atoms with E-state index in [2.05, 4.69) is 5.32 Å². The number of aliphatic carboxylic acids is 1. The lowest BCUT2D eigenvalue weighted by atomic mass is 9.85. The van der Waals surface area contributed by atoms with Gasteiger partial charge in [-0.3, -0.25) is 14.5 Å². The second-order valence-corrected chi connectivity index (χ2v) is 7.23. The third kappa shape index (κ3) is 4.36. The molecule has 2 N–H and O–H groups in total. The minimum atomic E-state index is -0.809. The molecular weight excluding hydrogens is 332 g/mol. The van der Waals surface area contributed by atoms with Crippen molar-refractivity contribution in [1.82, 2.24) is 10.2 Å². The number of fused-ring (bicyclic) bond motifs is 1. The third-order valence-corrected chi connectivity index (χ3v) is 5.53. The molecule has 2 aliphatic rings. The molecule has 1 amide bonds. The van der Waals surface area contributed by atoms with E-state index in [9.17, 15) is 14.7 Å². The first-order valence-corrected chi connectivity index (χ1v) is 9.55. The van der Waals surface area contributed by atoms with E-state index in [1.54, 1.807) is 0 Å². The highest BCUT2D eigenvalue weighted by atomic mass is 16.5. The van der Waals surface area contributed by atoms with Gasteiger partial charge in [-0.1, -0.05) is 25.0 Å². The van der Waals surface area contributed by atoms with Gasteiger partial charge in [0.2, 0.25) is 5.91 Å². The Morgan fingerprint density at radius 3 is 2.88 bits per heavy atom. The number of hydrogen-bond donors (Lipinski definition) is 2. The van der Waals surface area contributed by atoms with Crippen molar-refractivity contribution in [3.8, 4) is 5.75 Å². The van der Waals surface area contributed by atoms with Gasteiger partial charge in [-0.2, -0.15) is 0 Å². The lowest BCUT2D eigenvalue weighted by Crippen LogP contribution is -2.47. The largest absolute Gasteiger partial charge is 0.494 e. The highest BCUT2D eigenvalue weighted by Gasteiger charge is 2.45. The van der Waals surface area contributed by atoms with Crippen molar-refractivity contribution >= 4 is 11.9 Å². The number of carbonyl (C=O) groups excluding carboxylic acids is 1. The van der Waals surface area contributed by atoms with E-state index in [1.807, 2.05) is 36.1 Å². The fraction of sp³-hybridized carbons (Fsp3) is 0.600. The molecule has 1 saturated carbocycles. The van der Waals surface area contributed by atoms with Gasteiger partial charge in [0.15, 0.2) is 0 Å². The molecule has 0 bridgehead atoms. The van der Waals surface area contributed by atoms with Gasteiger partial charge in [-0.25, -0.2) is 0 Å². The van der Waals surface area contributed by atoms with Crippen LogP contribution in [0.2, 0.25) is 0 Å². The van der Waals surface area contributed by atoms with Crippen molar-refractivity contribution in [2.24, 2.45) is 5.92 Å². The predicted octanol–water partition coefficient (Wildman–Crippen LogP) is 2.42. The maximum Gasteiger partial charge on any atom is 0.320 e. The zero-order chi connectivity index (χ0) is 18.5. The molecule has 1 aliphatic carbocycles. The summed E-state index contributed by atoms with van der Waals surface area (Å²) in [5, 5.41) is 12.5. The zero-order valence-corrected chi connectivity index (χ0v) is 15.3. The van der Waals surface area contributed by atoms with Crippen LogP contribution in [0.1, 0.15) is 44.6 Å². The Bertz CT molecular complexity index is 648. The number of rotatable bonds is 7. The first-order valence-electron chi connectivity index (χ1n) is 9.55. The van der Waals surface area contributed by atoms with Crippen LogP contribution in [0, 0.1) is 5.92 Å². The first-order chi connectivity index (χ1) is 12.6. The number of carbonyl (C=O) groups is 2. The van der Waals surface area contributed by atoms with E-state index in [-0.39, 0.29) is 18.5 Å². The van der Waals surface area contributed by atoms with E-state index in [0.29, 0.717) is 25.5 Å². The van der Waals surface area contributed by atoms with Crippen LogP contribution in [-0.4, -0.2) is 47.1 Å². The van der Waals surface area contributed by atoms with Gasteiger partial charge in [-0.15, -0.1) is 0 Å². The van der Waals surface area contributed by atoms with Crippen molar-refractivity contribution in [1.29, 1.82) is 0 Å². The summed E-state index contributed by atoms with van der Waals surface area (Å²) in [5.41, 5.74) is 0.969. The topological polar surface area (TPSA) is 78.9 Å². The SMILES string of the molecule is CCOc1cccc(CNC(=O)CN2C(C(=O)O)CC3CCCCC32)c1. The maximum atomic E-state index is 12.4. The van der Waals surface area contributed by atoms with E-state index < -0.39 is 12.0 Å². The Balaban J connectivity index is 1.57. The van der Waals surface area contributed by atoms with Crippen LogP contribution in [0.3, 0.4) is 0 Å². The Kier molecular flexibility index (Phi) is 6.14. The number of carboxylic acids is 1. The molecule has 3 rings (SSSR count). The average molecular weight is 360 g/mol. The van der Waals surface area contributed by atoms with Crippen molar-refractivity contribution in [2.75, 3.05) is 13.2 Å². The Morgan fingerprint density at radius 2 is 2.12 bits per heavy atom. The zero-order valence-electron chi connectivity index (χ0n) is 15.3. The van der Waals surface area contributed by atoms with E-state index in [4.69, 9.17) is 4.74 Å². The summed E-state index contributed by atoms with van der Waals surface area (Å²) in [6, 6.07) is 7.35. The lowest BCUT2D eigenvalue weighted by Gasteiger charge is -2.32. The van der Waals surface area contributed by atoms with Crippen LogP contribution >= 0.6 is 0 Å². The number of amides is 1. The normalized spacial score (nSPS) is 25.5. The number of carboxylic acid groups (broad SMARTS) is 1. The van der Waals surface area contributed by atoms with Gasteiger partial charge in [0.1, 0.15) is 11.8 Å². The summed E-state index contributed by atoms with van der Waals surface area (Å²) in [6.45, 7) is 3.11. The van der Waals surface area contributed by atoms with Gasteiger partial charge in [-0.05, 0) is 49.8 Å². The van der Waals surface area contributed by atoms with E-state index in [1.165, 1.54) is 6.42 Å². The summed E-state index contributed by atoms with van der Waals surface area (Å²) < 4.78 is 5.47. The van der Waals surface area contributed by atoms with E-state index in [0.717, 1.165) is 30.6 Å². The van der Waals surface area contributed by atoms with Crippen LogP contribution in [-0.2, 0) is 16.1 Å². The molecule has 6 nitrogen and oxygen atoms in total. The molecule has 1 aliphatic heterocycles. The Labute approximate surface area is 154 Å². The molecule has 3 atom stereocenters. The predicted molar refractivity (Wildman–Crippen MR) is 98.0 cm³/mol. The van der Waals surface area contributed by atoms with Gasteiger partial charge in [0, 0.05) is 12.6 Å². The summed E-state index contributed by atoms with van der Waals surface area (Å²) in [4.78, 5) is 26.0. The minimum Gasteiger partial charge on any atom is -0.494 e. The molecule has 6 heteroatoms. The maximum absolute atomic E-state index is 12.4. The second kappa shape index (κ2) is 8.54. The van der Waals surface area contributed by atoms with Crippen LogP contribution < -0.4 is 10.1 Å². The summed E-state index contributed by atoms with van der Waals surface area (Å²) in [6.07, 6.45) is 5.04. The fourth-order valence-electron chi connectivity index (χ4n) is 4.36. The summed E-state index contributed by atoms with van der Waals surface area (Å²) in [5.74, 6) is 0.274. The van der Waals surface area contributed by atoms with Gasteiger partial charge < -0.3 is 15.2 Å². The standard InChI is InChI=1S/C20H28N2O4/c1-2-26-16-8-5-6-14(10-16)12-21-19(23)13-22-17-9-4-3-7-15(17)11-18(22)20(24)25/h5-6,8,10,15,17-18H,2-4,7,9,11-13H2,1H3,(H,21,23)(H,24,25). The van der Waals surface area contributed by atoms with Crippen molar-refractivity contribution in [3.05, 3.63) is 29.8 Å². The number of ether oxygens (including phenoxy) is 1. The molecule has 1 aromatic carbocycles. The molecule has 1 saturated heterocycles. The molecule has 2 fully saturated rings. The molecule has 0 radical (unpaired) electrons. The average Bonchev–Trinajstić information content (AvgIpc) is 3.00. The molecular formula is C20H28N2O4. The van der Waals surface area contributed by atoms with Crippen LogP contribution in [0.4, 0.5) is 0 Å². The number of benzene rings is 1. The first kappa shape index (κ1) is 18.7. The van der Waals surface area contributed by atoms with Crippen molar-refractivity contribution < 1.29 is 19.4 Å². The molecule has 1 aromatic rings. The fourth-order valence-corrected chi connectivity index (χ4v) is 4.36. The highest BCUT2D eigenvalue weighted by Crippen LogP contribution is 2.39. The summed E-state index contributed by atoms with van der Waals surface area (Å²) >= 11 is 0. The third-order valence-electron chi connectivity index (χ3n) is 5.53. The monoisotopic (exact) mass is 360 g/mol. The van der Waals surface area contributed by atoms with Crippen molar-refractivity contribution in [3.63, 3.8) is 0 Å². The number of likely N-dealkylation sites (tertiary alicyclic amines) is 1. The lowest BCUT2D eigenvalue weighted by molar-refractivity contribution is -0.143. The van der Waals surface area contributed by atoms with Gasteiger partial charge in [0.25, 0.3) is 0 Å². The molecule has 142 valence electrons. The molecule has 0 spiro atoms. The number of nitrogens with zero attached hydrogens (tertiary/aromatic N) is 1. The van der Waals surface area contributed by atoms with Crippen LogP contribution in [0.5, 0.6) is 5.75 Å². The number of nitrogens with one attached hydrogen (secondary N) is 1. The minimum absolute atomic E-state index is 0.121. The van der Waals surface area contributed by atoms with Gasteiger partial charge >= 0.3 is 5.97 Å². The quantitative estimate of drug-likeness (QED) is 0.781. The molecule has 1 heterocycles. The van der Waals surface area contributed by atoms with Crippen LogP contribution in [0.25, 0.3) is 0 Å². The second-order valence-electron chi connectivity index (χ2n) is 7.23. The molecule has 0 aromatic heterocycles.